The first-order valence-corrected chi connectivity index (χ1v) is 9.12. The zero-order chi connectivity index (χ0) is 19.3. The predicted octanol–water partition coefficient (Wildman–Crippen LogP) is 2.53. The van der Waals surface area contributed by atoms with Crippen molar-refractivity contribution < 1.29 is 33.2 Å². The minimum absolute atomic E-state index is 0.155. The van der Waals surface area contributed by atoms with Crippen LogP contribution in [0.15, 0.2) is 11.6 Å². The summed E-state index contributed by atoms with van der Waals surface area (Å²) in [4.78, 5) is 12.7. The van der Waals surface area contributed by atoms with Crippen molar-refractivity contribution in [2.24, 2.45) is 5.92 Å². The topological polar surface area (TPSA) is 72.5 Å². The van der Waals surface area contributed by atoms with Crippen molar-refractivity contribution in [1.82, 2.24) is 0 Å². The summed E-state index contributed by atoms with van der Waals surface area (Å²) in [7, 11) is 0. The quantitative estimate of drug-likeness (QED) is 0.558. The lowest BCUT2D eigenvalue weighted by Gasteiger charge is -2.43. The van der Waals surface area contributed by atoms with Crippen LogP contribution >= 0.6 is 0 Å². The molecule has 3 fully saturated rings. The molecule has 26 heavy (non-hydrogen) atoms. The van der Waals surface area contributed by atoms with E-state index in [0.717, 1.165) is 5.57 Å². The minimum atomic E-state index is -1.20. The maximum Gasteiger partial charge on any atom is 0.313 e. The number of hydrogen-bond donors (Lipinski definition) is 0. The number of fused-ring (bicyclic) bond motifs is 1. The first-order valence-electron chi connectivity index (χ1n) is 9.12. The number of carbonyl (C=O) groups is 1. The molecule has 0 aliphatic carbocycles. The number of hydrogen-bond acceptors (Lipinski definition) is 7. The van der Waals surface area contributed by atoms with Crippen LogP contribution in [-0.4, -0.2) is 54.9 Å². The molecule has 0 N–H and O–H groups in total. The molecule has 7 heteroatoms. The number of esters is 1. The van der Waals surface area contributed by atoms with E-state index in [0.29, 0.717) is 0 Å². The van der Waals surface area contributed by atoms with Crippen molar-refractivity contribution >= 4 is 5.97 Å². The average molecular weight is 370 g/mol. The van der Waals surface area contributed by atoms with Gasteiger partial charge >= 0.3 is 5.97 Å². The molecule has 1 spiro atoms. The molecule has 148 valence electrons. The van der Waals surface area contributed by atoms with Crippen LogP contribution in [0.25, 0.3) is 0 Å². The molecule has 0 aromatic carbocycles. The number of allylic oxidation sites excluding steroid dienone is 1. The molecule has 3 rings (SSSR count). The van der Waals surface area contributed by atoms with E-state index in [-0.39, 0.29) is 31.2 Å². The maximum absolute atomic E-state index is 12.7. The third-order valence-electron chi connectivity index (χ3n) is 4.68. The third kappa shape index (κ3) is 3.82. The van der Waals surface area contributed by atoms with Crippen molar-refractivity contribution in [2.75, 3.05) is 13.2 Å². The van der Waals surface area contributed by atoms with E-state index >= 15 is 0 Å². The zero-order valence-corrected chi connectivity index (χ0v) is 16.7. The molecule has 0 aromatic rings. The summed E-state index contributed by atoms with van der Waals surface area (Å²) in [6, 6.07) is 0. The number of rotatable bonds is 3. The molecular weight excluding hydrogens is 340 g/mol. The Hall–Kier alpha value is -0.990. The van der Waals surface area contributed by atoms with Gasteiger partial charge in [0.2, 0.25) is 5.79 Å². The third-order valence-corrected chi connectivity index (χ3v) is 4.68. The van der Waals surface area contributed by atoms with Crippen LogP contribution in [0.2, 0.25) is 0 Å². The highest BCUT2D eigenvalue weighted by Crippen LogP contribution is 2.45. The van der Waals surface area contributed by atoms with E-state index in [1.54, 1.807) is 20.8 Å². The van der Waals surface area contributed by atoms with Crippen LogP contribution < -0.4 is 0 Å². The highest BCUT2D eigenvalue weighted by molar-refractivity contribution is 5.74. The molecule has 3 aliphatic heterocycles. The fraction of sp³-hybridized carbons (Fsp3) is 0.842. The van der Waals surface area contributed by atoms with Gasteiger partial charge in [-0.2, -0.15) is 0 Å². The molecule has 5 atom stereocenters. The Labute approximate surface area is 154 Å². The van der Waals surface area contributed by atoms with Gasteiger partial charge in [-0.3, -0.25) is 4.79 Å². The summed E-state index contributed by atoms with van der Waals surface area (Å²) in [5, 5.41) is 0. The molecule has 0 aromatic heterocycles. The van der Waals surface area contributed by atoms with Crippen LogP contribution in [0, 0.1) is 5.92 Å². The molecule has 3 unspecified atom stereocenters. The Morgan fingerprint density at radius 1 is 1.12 bits per heavy atom. The van der Waals surface area contributed by atoms with E-state index in [1.807, 2.05) is 33.8 Å². The SMILES string of the molecule is CC(C)=CC(C)C(=O)OC1[C@@H]2OC(C)(C)O[C@@H]2COC12COC(C)(C)O2. The van der Waals surface area contributed by atoms with Gasteiger partial charge in [0.15, 0.2) is 17.7 Å². The highest BCUT2D eigenvalue weighted by atomic mass is 16.9. The summed E-state index contributed by atoms with van der Waals surface area (Å²) < 4.78 is 35.6. The first kappa shape index (κ1) is 19.8. The summed E-state index contributed by atoms with van der Waals surface area (Å²) in [5.41, 5.74) is 1.05. The van der Waals surface area contributed by atoms with Gasteiger partial charge < -0.3 is 28.4 Å². The van der Waals surface area contributed by atoms with Gasteiger partial charge in [-0.25, -0.2) is 0 Å². The van der Waals surface area contributed by atoms with Gasteiger partial charge in [0, 0.05) is 0 Å². The van der Waals surface area contributed by atoms with Gasteiger partial charge in [0.1, 0.15) is 18.8 Å². The molecule has 0 radical (unpaired) electrons. The number of carbonyl (C=O) groups excluding carboxylic acids is 1. The normalized spacial score (nSPS) is 38.7. The molecule has 7 nitrogen and oxygen atoms in total. The second kappa shape index (κ2) is 6.56. The smallest absolute Gasteiger partial charge is 0.313 e. The van der Waals surface area contributed by atoms with Gasteiger partial charge in [0.25, 0.3) is 0 Å². The van der Waals surface area contributed by atoms with Crippen LogP contribution in [0.1, 0.15) is 48.5 Å². The summed E-state index contributed by atoms with van der Waals surface area (Å²) in [6.07, 6.45) is 0.256. The number of ether oxygens (including phenoxy) is 6. The largest absolute Gasteiger partial charge is 0.453 e. The Kier molecular flexibility index (Phi) is 4.99. The molecule has 3 heterocycles. The molecule has 3 saturated heterocycles. The van der Waals surface area contributed by atoms with Gasteiger partial charge in [-0.15, -0.1) is 0 Å². The predicted molar refractivity (Wildman–Crippen MR) is 92.1 cm³/mol. The van der Waals surface area contributed by atoms with E-state index in [1.165, 1.54) is 0 Å². The monoisotopic (exact) mass is 370 g/mol. The summed E-state index contributed by atoms with van der Waals surface area (Å²) in [5.74, 6) is -3.56. The second-order valence-corrected chi connectivity index (χ2v) is 8.44. The minimum Gasteiger partial charge on any atom is -0.453 e. The lowest BCUT2D eigenvalue weighted by atomic mass is 9.96. The van der Waals surface area contributed by atoms with Crippen LogP contribution in [0.3, 0.4) is 0 Å². The molecule has 3 aliphatic rings. The highest BCUT2D eigenvalue weighted by Gasteiger charge is 2.64. The van der Waals surface area contributed by atoms with Crippen LogP contribution in [0.5, 0.6) is 0 Å². The van der Waals surface area contributed by atoms with Crippen molar-refractivity contribution in [3.05, 3.63) is 11.6 Å². The van der Waals surface area contributed by atoms with Crippen molar-refractivity contribution in [3.63, 3.8) is 0 Å². The van der Waals surface area contributed by atoms with Gasteiger partial charge in [-0.05, 0) is 48.5 Å². The van der Waals surface area contributed by atoms with Crippen LogP contribution in [0.4, 0.5) is 0 Å². The van der Waals surface area contributed by atoms with Crippen molar-refractivity contribution in [2.45, 2.75) is 84.1 Å². The molecule has 0 bridgehead atoms. The fourth-order valence-electron chi connectivity index (χ4n) is 3.72. The van der Waals surface area contributed by atoms with Crippen molar-refractivity contribution in [1.29, 1.82) is 0 Å². The van der Waals surface area contributed by atoms with Gasteiger partial charge in [-0.1, -0.05) is 11.6 Å². The standard InChI is InChI=1S/C19H30O7/c1-11(2)8-12(3)16(20)23-15-14-13(24-18(6,7)25-14)9-21-19(15)10-22-17(4,5)26-19/h8,12-15H,9-10H2,1-7H3/t12?,13-,14-,15?,19?/m1/s1. The second-order valence-electron chi connectivity index (χ2n) is 8.44. The van der Waals surface area contributed by atoms with E-state index < -0.39 is 29.6 Å². The van der Waals surface area contributed by atoms with Crippen LogP contribution in [-0.2, 0) is 33.2 Å². The Morgan fingerprint density at radius 3 is 2.38 bits per heavy atom. The fourth-order valence-corrected chi connectivity index (χ4v) is 3.72. The van der Waals surface area contributed by atoms with Crippen molar-refractivity contribution in [3.8, 4) is 0 Å². The zero-order valence-electron chi connectivity index (χ0n) is 16.7. The Balaban J connectivity index is 1.87. The molecule has 0 saturated carbocycles. The summed E-state index contributed by atoms with van der Waals surface area (Å²) in [6.45, 7) is 13.4. The lowest BCUT2D eigenvalue weighted by Crippen LogP contribution is -2.63. The lowest BCUT2D eigenvalue weighted by molar-refractivity contribution is -0.328. The summed E-state index contributed by atoms with van der Waals surface area (Å²) >= 11 is 0. The van der Waals surface area contributed by atoms with E-state index in [4.69, 9.17) is 28.4 Å². The average Bonchev–Trinajstić information content (AvgIpc) is 2.97. The Morgan fingerprint density at radius 2 is 1.81 bits per heavy atom. The Bertz CT molecular complexity index is 591. The first-order chi connectivity index (χ1) is 11.9. The molecule has 0 amide bonds. The van der Waals surface area contributed by atoms with Gasteiger partial charge in [0.05, 0.1) is 12.5 Å². The maximum atomic E-state index is 12.7. The van der Waals surface area contributed by atoms with E-state index in [9.17, 15) is 4.79 Å². The van der Waals surface area contributed by atoms with E-state index in [2.05, 4.69) is 0 Å². The molecular formula is C19H30O7.